The van der Waals surface area contributed by atoms with Gasteiger partial charge in [-0.2, -0.15) is 0 Å². The maximum absolute atomic E-state index is 12.8. The van der Waals surface area contributed by atoms with Gasteiger partial charge in [0.2, 0.25) is 0 Å². The van der Waals surface area contributed by atoms with Crippen LogP contribution < -0.4 is 4.74 Å². The maximum Gasteiger partial charge on any atom is 0.254 e. The van der Waals surface area contributed by atoms with E-state index in [1.54, 1.807) is 18.3 Å². The van der Waals surface area contributed by atoms with Gasteiger partial charge in [0.25, 0.3) is 5.91 Å². The molecule has 1 aromatic heterocycles. The molecule has 0 unspecified atom stereocenters. The number of likely N-dealkylation sites (tertiary alicyclic amines) is 2. The molecule has 1 spiro atoms. The van der Waals surface area contributed by atoms with E-state index in [-0.39, 0.29) is 5.91 Å². The number of carbonyl (C=O) groups is 1. The van der Waals surface area contributed by atoms with E-state index in [1.165, 1.54) is 18.4 Å². The summed E-state index contributed by atoms with van der Waals surface area (Å²) in [6.45, 7) is 7.53. The standard InChI is InChI=1S/C24H30ClN3O2/c1-2-30-21-6-4-3-5-20(21)18-27-13-8-24(9-14-27)10-15-28(16-11-24)23(29)19-7-12-26-22(25)17-19/h3-7,12,17H,2,8-11,13-16,18H2,1H3. The number of carbonyl (C=O) groups excluding carboxylic acids is 1. The number of amides is 1. The van der Waals surface area contributed by atoms with Gasteiger partial charge in [-0.3, -0.25) is 9.69 Å². The number of rotatable bonds is 5. The Morgan fingerprint density at radius 1 is 1.10 bits per heavy atom. The van der Waals surface area contributed by atoms with Crippen LogP contribution in [0, 0.1) is 5.41 Å². The van der Waals surface area contributed by atoms with Crippen molar-refractivity contribution in [2.75, 3.05) is 32.8 Å². The monoisotopic (exact) mass is 427 g/mol. The van der Waals surface area contributed by atoms with Crippen LogP contribution in [-0.4, -0.2) is 53.5 Å². The van der Waals surface area contributed by atoms with Crippen molar-refractivity contribution in [3.63, 3.8) is 0 Å². The van der Waals surface area contributed by atoms with Gasteiger partial charge >= 0.3 is 0 Å². The topological polar surface area (TPSA) is 45.7 Å². The van der Waals surface area contributed by atoms with Crippen LogP contribution in [0.2, 0.25) is 5.15 Å². The molecule has 2 aromatic rings. The number of piperidine rings is 2. The van der Waals surface area contributed by atoms with Crippen LogP contribution in [0.1, 0.15) is 48.5 Å². The predicted octanol–water partition coefficient (Wildman–Crippen LogP) is 4.65. The van der Waals surface area contributed by atoms with Crippen LogP contribution >= 0.6 is 11.6 Å². The van der Waals surface area contributed by atoms with E-state index in [1.807, 2.05) is 17.9 Å². The molecule has 2 aliphatic rings. The number of halogens is 1. The number of benzene rings is 1. The van der Waals surface area contributed by atoms with E-state index in [9.17, 15) is 4.79 Å². The Bertz CT molecular complexity index is 870. The fourth-order valence-electron chi connectivity index (χ4n) is 4.76. The molecule has 160 valence electrons. The first kappa shape index (κ1) is 21.1. The Balaban J connectivity index is 1.30. The number of ether oxygens (including phenoxy) is 1. The van der Waals surface area contributed by atoms with Crippen molar-refractivity contribution in [1.82, 2.24) is 14.8 Å². The molecular formula is C24H30ClN3O2. The second-order valence-corrected chi connectivity index (χ2v) is 8.86. The summed E-state index contributed by atoms with van der Waals surface area (Å²) in [5, 5.41) is 0.368. The normalized spacial score (nSPS) is 19.1. The summed E-state index contributed by atoms with van der Waals surface area (Å²) >= 11 is 5.95. The van der Waals surface area contributed by atoms with Crippen LogP contribution in [0.25, 0.3) is 0 Å². The number of hydrogen-bond acceptors (Lipinski definition) is 4. The van der Waals surface area contributed by atoms with E-state index in [4.69, 9.17) is 16.3 Å². The number of pyridine rings is 1. The molecule has 30 heavy (non-hydrogen) atoms. The quantitative estimate of drug-likeness (QED) is 0.651. The molecule has 0 saturated carbocycles. The van der Waals surface area contributed by atoms with Gasteiger partial charge in [0.15, 0.2) is 0 Å². The average Bonchev–Trinajstić information content (AvgIpc) is 2.77. The number of hydrogen-bond donors (Lipinski definition) is 0. The molecule has 5 nitrogen and oxygen atoms in total. The van der Waals surface area contributed by atoms with Gasteiger partial charge in [-0.1, -0.05) is 29.8 Å². The van der Waals surface area contributed by atoms with Crippen molar-refractivity contribution in [1.29, 1.82) is 0 Å². The van der Waals surface area contributed by atoms with Crippen molar-refractivity contribution in [2.45, 2.75) is 39.2 Å². The molecule has 1 amide bonds. The van der Waals surface area contributed by atoms with Gasteiger partial charge in [-0.05, 0) is 69.3 Å². The number of aromatic nitrogens is 1. The molecule has 0 atom stereocenters. The van der Waals surface area contributed by atoms with Gasteiger partial charge in [0.05, 0.1) is 6.61 Å². The molecule has 3 heterocycles. The third-order valence-corrected chi connectivity index (χ3v) is 6.87. The molecule has 1 aromatic carbocycles. The highest BCUT2D eigenvalue weighted by molar-refractivity contribution is 6.29. The first-order valence-corrected chi connectivity index (χ1v) is 11.3. The summed E-state index contributed by atoms with van der Waals surface area (Å²) in [7, 11) is 0. The van der Waals surface area contributed by atoms with E-state index in [0.717, 1.165) is 51.3 Å². The largest absolute Gasteiger partial charge is 0.494 e. The van der Waals surface area contributed by atoms with Crippen LogP contribution in [0.15, 0.2) is 42.6 Å². The highest BCUT2D eigenvalue weighted by Gasteiger charge is 2.38. The maximum atomic E-state index is 12.8. The molecule has 0 bridgehead atoms. The lowest BCUT2D eigenvalue weighted by molar-refractivity contribution is 0.0283. The molecule has 6 heteroatoms. The minimum Gasteiger partial charge on any atom is -0.494 e. The summed E-state index contributed by atoms with van der Waals surface area (Å²) in [5.74, 6) is 1.07. The van der Waals surface area contributed by atoms with E-state index in [2.05, 4.69) is 28.1 Å². The number of para-hydroxylation sites is 1. The first-order valence-electron chi connectivity index (χ1n) is 10.9. The molecule has 2 saturated heterocycles. The van der Waals surface area contributed by atoms with Crippen LogP contribution in [-0.2, 0) is 6.54 Å². The fourth-order valence-corrected chi connectivity index (χ4v) is 4.93. The van der Waals surface area contributed by atoms with Gasteiger partial charge < -0.3 is 9.64 Å². The summed E-state index contributed by atoms with van der Waals surface area (Å²) in [6.07, 6.45) is 6.17. The molecule has 2 aliphatic heterocycles. The summed E-state index contributed by atoms with van der Waals surface area (Å²) in [4.78, 5) is 21.3. The minimum atomic E-state index is 0.0686. The Labute approximate surface area is 184 Å². The van der Waals surface area contributed by atoms with Crippen molar-refractivity contribution >= 4 is 17.5 Å². The lowest BCUT2D eigenvalue weighted by Gasteiger charge is -2.47. The second kappa shape index (κ2) is 9.36. The molecule has 0 aliphatic carbocycles. The average molecular weight is 428 g/mol. The Morgan fingerprint density at radius 3 is 2.50 bits per heavy atom. The van der Waals surface area contributed by atoms with Crippen molar-refractivity contribution in [2.24, 2.45) is 5.41 Å². The lowest BCUT2D eigenvalue weighted by Crippen LogP contribution is -2.48. The molecule has 4 rings (SSSR count). The second-order valence-electron chi connectivity index (χ2n) is 8.48. The van der Waals surface area contributed by atoms with Crippen molar-refractivity contribution in [3.8, 4) is 5.75 Å². The molecule has 0 N–H and O–H groups in total. The van der Waals surface area contributed by atoms with Crippen LogP contribution in [0.4, 0.5) is 0 Å². The number of nitrogens with zero attached hydrogens (tertiary/aromatic N) is 3. The van der Waals surface area contributed by atoms with E-state index in [0.29, 0.717) is 22.7 Å². The molecular weight excluding hydrogens is 398 g/mol. The Kier molecular flexibility index (Phi) is 6.59. The predicted molar refractivity (Wildman–Crippen MR) is 119 cm³/mol. The SMILES string of the molecule is CCOc1ccccc1CN1CCC2(CC1)CCN(C(=O)c1ccnc(Cl)c1)CC2. The highest BCUT2D eigenvalue weighted by Crippen LogP contribution is 2.42. The zero-order valence-corrected chi connectivity index (χ0v) is 18.4. The Morgan fingerprint density at radius 2 is 1.80 bits per heavy atom. The van der Waals surface area contributed by atoms with Gasteiger partial charge in [0, 0.05) is 37.0 Å². The summed E-state index contributed by atoms with van der Waals surface area (Å²) in [6, 6.07) is 11.8. The van der Waals surface area contributed by atoms with Crippen molar-refractivity contribution in [3.05, 3.63) is 58.9 Å². The lowest BCUT2D eigenvalue weighted by atomic mass is 9.71. The van der Waals surface area contributed by atoms with Crippen LogP contribution in [0.3, 0.4) is 0 Å². The van der Waals surface area contributed by atoms with Crippen LogP contribution in [0.5, 0.6) is 5.75 Å². The third-order valence-electron chi connectivity index (χ3n) is 6.67. The Hall–Kier alpha value is -2.11. The van der Waals surface area contributed by atoms with Gasteiger partial charge in [0.1, 0.15) is 10.9 Å². The zero-order valence-electron chi connectivity index (χ0n) is 17.6. The third kappa shape index (κ3) is 4.79. The van der Waals surface area contributed by atoms with Gasteiger partial charge in [-0.25, -0.2) is 4.98 Å². The smallest absolute Gasteiger partial charge is 0.254 e. The van der Waals surface area contributed by atoms with E-state index >= 15 is 0 Å². The molecule has 0 radical (unpaired) electrons. The van der Waals surface area contributed by atoms with E-state index < -0.39 is 0 Å². The first-order chi connectivity index (χ1) is 14.6. The van der Waals surface area contributed by atoms with Gasteiger partial charge in [-0.15, -0.1) is 0 Å². The van der Waals surface area contributed by atoms with Crippen molar-refractivity contribution < 1.29 is 9.53 Å². The minimum absolute atomic E-state index is 0.0686. The highest BCUT2D eigenvalue weighted by atomic mass is 35.5. The molecule has 2 fully saturated rings. The summed E-state index contributed by atoms with van der Waals surface area (Å²) in [5.41, 5.74) is 2.28. The summed E-state index contributed by atoms with van der Waals surface area (Å²) < 4.78 is 5.79. The fraction of sp³-hybridized carbons (Fsp3) is 0.500. The zero-order chi connectivity index (χ0) is 21.0.